The van der Waals surface area contributed by atoms with Crippen molar-refractivity contribution in [2.75, 3.05) is 19.1 Å². The highest BCUT2D eigenvalue weighted by atomic mass is 32.2. The van der Waals surface area contributed by atoms with E-state index in [1.807, 2.05) is 0 Å². The van der Waals surface area contributed by atoms with Gasteiger partial charge >= 0.3 is 5.97 Å². The van der Waals surface area contributed by atoms with Crippen molar-refractivity contribution in [2.45, 2.75) is 6.61 Å². The van der Waals surface area contributed by atoms with E-state index in [4.69, 9.17) is 19.3 Å². The van der Waals surface area contributed by atoms with Crippen LogP contribution >= 0.6 is 11.8 Å². The highest BCUT2D eigenvalue weighted by Gasteiger charge is 2.37. The van der Waals surface area contributed by atoms with Gasteiger partial charge in [0, 0.05) is 0 Å². The molecule has 1 N–H and O–H groups in total. The summed E-state index contributed by atoms with van der Waals surface area (Å²) in [6.45, 7) is 0.216. The lowest BCUT2D eigenvalue weighted by molar-refractivity contribution is -0.113. The molecule has 178 valence electrons. The van der Waals surface area contributed by atoms with E-state index in [0.29, 0.717) is 28.5 Å². The number of benzene rings is 3. The van der Waals surface area contributed by atoms with Crippen LogP contribution in [0.25, 0.3) is 6.08 Å². The van der Waals surface area contributed by atoms with Crippen molar-refractivity contribution in [1.82, 2.24) is 0 Å². The summed E-state index contributed by atoms with van der Waals surface area (Å²) in [7, 11) is 2.98. The van der Waals surface area contributed by atoms with E-state index in [1.165, 1.54) is 26.4 Å². The molecule has 0 radical (unpaired) electrons. The lowest BCUT2D eigenvalue weighted by Crippen LogP contribution is -2.28. The number of hydrogen-bond donors (Lipinski definition) is 1. The summed E-state index contributed by atoms with van der Waals surface area (Å²) in [5, 5.41) is 8.59. The molecule has 35 heavy (non-hydrogen) atoms. The van der Waals surface area contributed by atoms with Crippen LogP contribution < -0.4 is 19.1 Å². The summed E-state index contributed by atoms with van der Waals surface area (Å²) in [5.74, 6) is -0.0696. The molecular weight excluding hydrogens is 470 g/mol. The lowest BCUT2D eigenvalue weighted by atomic mass is 10.1. The number of carbonyl (C=O) groups is 3. The van der Waals surface area contributed by atoms with Crippen LogP contribution in [0.1, 0.15) is 21.5 Å². The fraction of sp³-hybridized carbons (Fsp3) is 0.115. The maximum absolute atomic E-state index is 13.0. The number of amides is 2. The maximum Gasteiger partial charge on any atom is 0.335 e. The number of carboxylic acids is 1. The third kappa shape index (κ3) is 5.15. The SMILES string of the molecule is COc1cc(/C=C2\SC(=O)N(c3ccccc3OC)C2=O)ccc1OCc1ccc(C(=O)O)cc1. The number of ether oxygens (including phenoxy) is 3. The second kappa shape index (κ2) is 10.4. The zero-order valence-corrected chi connectivity index (χ0v) is 19.7. The number of thioether (sulfide) groups is 1. The molecule has 0 atom stereocenters. The largest absolute Gasteiger partial charge is 0.495 e. The number of rotatable bonds is 8. The summed E-state index contributed by atoms with van der Waals surface area (Å²) in [4.78, 5) is 38.0. The minimum absolute atomic E-state index is 0.200. The minimum Gasteiger partial charge on any atom is -0.495 e. The Balaban J connectivity index is 1.51. The van der Waals surface area contributed by atoms with Crippen molar-refractivity contribution in [3.8, 4) is 17.2 Å². The Kier molecular flexibility index (Phi) is 7.07. The van der Waals surface area contributed by atoms with Gasteiger partial charge in [-0.2, -0.15) is 0 Å². The normalized spacial score (nSPS) is 14.3. The van der Waals surface area contributed by atoms with E-state index in [-0.39, 0.29) is 17.1 Å². The first kappa shape index (κ1) is 23.9. The van der Waals surface area contributed by atoms with Gasteiger partial charge in [0.05, 0.1) is 30.4 Å². The third-order valence-electron chi connectivity index (χ3n) is 5.20. The predicted molar refractivity (Wildman–Crippen MR) is 132 cm³/mol. The van der Waals surface area contributed by atoms with Crippen LogP contribution in [0.2, 0.25) is 0 Å². The standard InChI is InChI=1S/C26H21NO7S/c1-32-20-6-4-3-5-19(20)27-24(28)23(35-26(27)31)14-17-9-12-21(22(13-17)33-2)34-15-16-7-10-18(11-8-16)25(29)30/h3-14H,15H2,1-2H3,(H,29,30)/b23-14-. The Labute approximate surface area is 205 Å². The van der Waals surface area contributed by atoms with Gasteiger partial charge in [0.1, 0.15) is 12.4 Å². The van der Waals surface area contributed by atoms with E-state index in [2.05, 4.69) is 0 Å². The highest BCUT2D eigenvalue weighted by molar-refractivity contribution is 8.19. The van der Waals surface area contributed by atoms with Crippen molar-refractivity contribution < 1.29 is 33.7 Å². The Bertz CT molecular complexity index is 1320. The molecule has 0 spiro atoms. The summed E-state index contributed by atoms with van der Waals surface area (Å²) >= 11 is 0.848. The van der Waals surface area contributed by atoms with Gasteiger partial charge in [-0.3, -0.25) is 9.59 Å². The Morgan fingerprint density at radius 3 is 2.34 bits per heavy atom. The summed E-state index contributed by atoms with van der Waals surface area (Å²) in [5.41, 5.74) is 2.04. The molecule has 9 heteroatoms. The molecule has 0 bridgehead atoms. The number of methoxy groups -OCH3 is 2. The number of nitrogens with zero attached hydrogens (tertiary/aromatic N) is 1. The molecule has 1 aliphatic rings. The number of hydrogen-bond acceptors (Lipinski definition) is 7. The summed E-state index contributed by atoms with van der Waals surface area (Å²) in [6, 6.07) is 18.4. The molecule has 1 aliphatic heterocycles. The molecule has 0 aliphatic carbocycles. The quantitative estimate of drug-likeness (QED) is 0.428. The van der Waals surface area contributed by atoms with Crippen LogP contribution in [-0.2, 0) is 11.4 Å². The van der Waals surface area contributed by atoms with E-state index in [1.54, 1.807) is 60.7 Å². The molecule has 1 fully saturated rings. The minimum atomic E-state index is -0.990. The van der Waals surface area contributed by atoms with Gasteiger partial charge in [-0.1, -0.05) is 30.3 Å². The zero-order chi connectivity index (χ0) is 24.9. The summed E-state index contributed by atoms with van der Waals surface area (Å²) < 4.78 is 16.6. The van der Waals surface area contributed by atoms with E-state index >= 15 is 0 Å². The molecule has 0 unspecified atom stereocenters. The van der Waals surface area contributed by atoms with Crippen LogP contribution in [0.15, 0.2) is 71.6 Å². The van der Waals surface area contributed by atoms with Crippen molar-refractivity contribution >= 4 is 40.6 Å². The van der Waals surface area contributed by atoms with E-state index in [0.717, 1.165) is 22.2 Å². The number of anilines is 1. The van der Waals surface area contributed by atoms with Crippen molar-refractivity contribution in [3.05, 3.63) is 88.3 Å². The van der Waals surface area contributed by atoms with Gasteiger partial charge in [-0.25, -0.2) is 9.69 Å². The number of aromatic carboxylic acids is 1. The molecule has 4 rings (SSSR count). The zero-order valence-electron chi connectivity index (χ0n) is 18.9. The van der Waals surface area contributed by atoms with Crippen LogP contribution in [0.5, 0.6) is 17.2 Å². The second-order valence-corrected chi connectivity index (χ2v) is 8.38. The van der Waals surface area contributed by atoms with Gasteiger partial charge in [0.2, 0.25) is 0 Å². The molecule has 0 saturated carbocycles. The van der Waals surface area contributed by atoms with Gasteiger partial charge in [-0.05, 0) is 65.4 Å². The summed E-state index contributed by atoms with van der Waals surface area (Å²) in [6.07, 6.45) is 1.62. The Morgan fingerprint density at radius 2 is 1.66 bits per heavy atom. The lowest BCUT2D eigenvalue weighted by Gasteiger charge is -2.15. The first-order valence-corrected chi connectivity index (χ1v) is 11.3. The molecule has 3 aromatic rings. The predicted octanol–water partition coefficient (Wildman–Crippen LogP) is 5.22. The van der Waals surface area contributed by atoms with Gasteiger partial charge in [0.25, 0.3) is 11.1 Å². The molecule has 0 aromatic heterocycles. The van der Waals surface area contributed by atoms with Gasteiger partial charge < -0.3 is 19.3 Å². The second-order valence-electron chi connectivity index (χ2n) is 7.39. The van der Waals surface area contributed by atoms with Crippen LogP contribution in [0.4, 0.5) is 10.5 Å². The molecule has 8 nitrogen and oxygen atoms in total. The maximum atomic E-state index is 13.0. The van der Waals surface area contributed by atoms with E-state index in [9.17, 15) is 14.4 Å². The number of carboxylic acid groups (broad SMARTS) is 1. The third-order valence-corrected chi connectivity index (χ3v) is 6.07. The molecule has 2 amide bonds. The Hall–Kier alpha value is -4.24. The molecule has 1 saturated heterocycles. The topological polar surface area (TPSA) is 102 Å². The van der Waals surface area contributed by atoms with Crippen LogP contribution in [0, 0.1) is 0 Å². The smallest absolute Gasteiger partial charge is 0.335 e. The molecule has 1 heterocycles. The van der Waals surface area contributed by atoms with Crippen molar-refractivity contribution in [2.24, 2.45) is 0 Å². The fourth-order valence-corrected chi connectivity index (χ4v) is 4.27. The van der Waals surface area contributed by atoms with Crippen LogP contribution in [-0.4, -0.2) is 36.4 Å². The number of carbonyl (C=O) groups excluding carboxylic acids is 2. The number of imide groups is 1. The molecular formula is C26H21NO7S. The monoisotopic (exact) mass is 491 g/mol. The first-order chi connectivity index (χ1) is 16.9. The van der Waals surface area contributed by atoms with Crippen molar-refractivity contribution in [1.29, 1.82) is 0 Å². The average Bonchev–Trinajstić information content (AvgIpc) is 3.15. The highest BCUT2D eigenvalue weighted by Crippen LogP contribution is 2.40. The van der Waals surface area contributed by atoms with Gasteiger partial charge in [0.15, 0.2) is 11.5 Å². The first-order valence-electron chi connectivity index (χ1n) is 10.5. The Morgan fingerprint density at radius 1 is 0.943 bits per heavy atom. The average molecular weight is 492 g/mol. The van der Waals surface area contributed by atoms with Crippen LogP contribution in [0.3, 0.4) is 0 Å². The molecule has 3 aromatic carbocycles. The van der Waals surface area contributed by atoms with Gasteiger partial charge in [-0.15, -0.1) is 0 Å². The fourth-order valence-electron chi connectivity index (χ4n) is 3.44. The van der Waals surface area contributed by atoms with E-state index < -0.39 is 17.1 Å². The van der Waals surface area contributed by atoms with Crippen molar-refractivity contribution in [3.63, 3.8) is 0 Å². The number of para-hydroxylation sites is 2.